The maximum atomic E-state index is 13.0. The monoisotopic (exact) mass is 464 g/mol. The number of ketones is 1. The van der Waals surface area contributed by atoms with Gasteiger partial charge in [0.25, 0.3) is 0 Å². The van der Waals surface area contributed by atoms with Crippen molar-refractivity contribution in [3.05, 3.63) is 58.1 Å². The molecule has 0 saturated carbocycles. The molecule has 0 amide bonds. The molecule has 0 N–H and O–H groups in total. The maximum absolute atomic E-state index is 13.0. The van der Waals surface area contributed by atoms with Crippen molar-refractivity contribution in [2.24, 2.45) is 0 Å². The van der Waals surface area contributed by atoms with E-state index in [1.54, 1.807) is 24.5 Å². The molecule has 7 heteroatoms. The van der Waals surface area contributed by atoms with Gasteiger partial charge in [0.05, 0.1) is 11.8 Å². The van der Waals surface area contributed by atoms with Gasteiger partial charge in [-0.3, -0.25) is 4.79 Å². The molecule has 0 radical (unpaired) electrons. The number of aromatic nitrogens is 2. The van der Waals surface area contributed by atoms with Gasteiger partial charge in [-0.1, -0.05) is 67.2 Å². The molecule has 22 heavy (non-hydrogen) atoms. The van der Waals surface area contributed by atoms with E-state index in [-0.39, 0.29) is 5.78 Å². The van der Waals surface area contributed by atoms with Crippen LogP contribution in [0.5, 0.6) is 0 Å². The summed E-state index contributed by atoms with van der Waals surface area (Å²) in [6, 6.07) is 7.17. The lowest BCUT2D eigenvalue weighted by Crippen LogP contribution is -2.24. The van der Waals surface area contributed by atoms with Crippen molar-refractivity contribution in [2.75, 3.05) is 10.7 Å². The first-order valence-electron chi connectivity index (χ1n) is 6.46. The van der Waals surface area contributed by atoms with Gasteiger partial charge < -0.3 is 0 Å². The highest BCUT2D eigenvalue weighted by Crippen LogP contribution is 2.33. The van der Waals surface area contributed by atoms with Crippen molar-refractivity contribution in [3.63, 3.8) is 0 Å². The molecule has 0 spiro atoms. The van der Waals surface area contributed by atoms with E-state index in [1.165, 1.54) is 0 Å². The van der Waals surface area contributed by atoms with Crippen LogP contribution < -0.4 is 0 Å². The van der Waals surface area contributed by atoms with Gasteiger partial charge in [-0.15, -0.1) is 0 Å². The zero-order valence-corrected chi connectivity index (χ0v) is 16.0. The number of hydrogen-bond acceptors (Lipinski definition) is 3. The third kappa shape index (κ3) is 3.88. The lowest BCUT2D eigenvalue weighted by molar-refractivity contribution is -0.121. The molecule has 0 bridgehead atoms. The number of alkyl halides is 2. The van der Waals surface area contributed by atoms with Gasteiger partial charge in [-0.2, -0.15) is 0 Å². The van der Waals surface area contributed by atoms with Crippen LogP contribution in [0.2, 0.25) is 10.3 Å². The van der Waals surface area contributed by atoms with Crippen LogP contribution in [0.1, 0.15) is 23.0 Å². The summed E-state index contributed by atoms with van der Waals surface area (Å²) < 4.78 is 0. The topological polar surface area (TPSA) is 42.9 Å². The van der Waals surface area contributed by atoms with Crippen LogP contribution >= 0.6 is 55.1 Å². The third-order valence-corrected chi connectivity index (χ3v) is 5.25. The molecule has 0 aliphatic heterocycles. The summed E-state index contributed by atoms with van der Waals surface area (Å²) in [5.41, 5.74) is 1.41. The van der Waals surface area contributed by atoms with Gasteiger partial charge in [-0.25, -0.2) is 9.97 Å². The van der Waals surface area contributed by atoms with E-state index in [0.717, 1.165) is 0 Å². The smallest absolute Gasteiger partial charge is 0.149 e. The predicted octanol–water partition coefficient (Wildman–Crippen LogP) is 5.01. The molecule has 0 aliphatic rings. The molecule has 0 aromatic carbocycles. The fraction of sp³-hybridized carbons (Fsp3) is 0.267. The van der Waals surface area contributed by atoms with E-state index < -0.39 is 11.8 Å². The van der Waals surface area contributed by atoms with Crippen LogP contribution in [-0.2, 0) is 4.79 Å². The normalized spacial score (nSPS) is 13.6. The van der Waals surface area contributed by atoms with Gasteiger partial charge in [0.15, 0.2) is 0 Å². The number of carbonyl (C=O) groups excluding carboxylic acids is 1. The quantitative estimate of drug-likeness (QED) is 0.444. The minimum Gasteiger partial charge on any atom is -0.298 e. The van der Waals surface area contributed by atoms with Crippen LogP contribution in [0, 0.1) is 0 Å². The van der Waals surface area contributed by atoms with E-state index in [0.29, 0.717) is 32.1 Å². The van der Waals surface area contributed by atoms with E-state index in [2.05, 4.69) is 41.8 Å². The zero-order chi connectivity index (χ0) is 16.1. The van der Waals surface area contributed by atoms with E-state index in [9.17, 15) is 4.79 Å². The summed E-state index contributed by atoms with van der Waals surface area (Å²) >= 11 is 19.1. The average Bonchev–Trinajstić information content (AvgIpc) is 2.52. The van der Waals surface area contributed by atoms with Crippen LogP contribution in [0.4, 0.5) is 0 Å². The van der Waals surface area contributed by atoms with Gasteiger partial charge in [0.2, 0.25) is 0 Å². The zero-order valence-electron chi connectivity index (χ0n) is 11.3. The molecule has 0 fully saturated rings. The molecule has 2 unspecified atom stereocenters. The van der Waals surface area contributed by atoms with Crippen LogP contribution in [0.3, 0.4) is 0 Å². The van der Waals surface area contributed by atoms with Gasteiger partial charge in [-0.05, 0) is 12.1 Å². The molecule has 2 rings (SSSR count). The van der Waals surface area contributed by atoms with Gasteiger partial charge in [0, 0.05) is 34.2 Å². The van der Waals surface area contributed by atoms with Gasteiger partial charge in [0.1, 0.15) is 16.1 Å². The molecule has 2 atom stereocenters. The number of Topliss-reactive ketones (excluding diaryl/α,β-unsaturated/α-hetero) is 1. The van der Waals surface area contributed by atoms with Crippen molar-refractivity contribution in [1.29, 1.82) is 0 Å². The van der Waals surface area contributed by atoms with E-state index >= 15 is 0 Å². The summed E-state index contributed by atoms with van der Waals surface area (Å²) in [7, 11) is 0. The number of halogens is 4. The largest absolute Gasteiger partial charge is 0.298 e. The molecule has 3 nitrogen and oxygen atoms in total. The first kappa shape index (κ1) is 17.9. The average molecular weight is 467 g/mol. The SMILES string of the molecule is O=C(C(CBr)c1cccnc1Cl)C(CBr)c1cccnc1Cl. The lowest BCUT2D eigenvalue weighted by Gasteiger charge is -2.21. The number of nitrogens with zero attached hydrogens (tertiary/aromatic N) is 2. The number of carbonyl (C=O) groups is 1. The highest BCUT2D eigenvalue weighted by molar-refractivity contribution is 9.09. The first-order chi connectivity index (χ1) is 10.6. The Hall–Kier alpha value is -0.490. The predicted molar refractivity (Wildman–Crippen MR) is 96.6 cm³/mol. The first-order valence-corrected chi connectivity index (χ1v) is 9.46. The van der Waals surface area contributed by atoms with E-state index in [1.807, 2.05) is 12.1 Å². The highest BCUT2D eigenvalue weighted by atomic mass is 79.9. The Balaban J connectivity index is 2.39. The third-order valence-electron chi connectivity index (χ3n) is 3.32. The molecule has 2 heterocycles. The van der Waals surface area contributed by atoms with Crippen LogP contribution in [0.25, 0.3) is 0 Å². The van der Waals surface area contributed by atoms with Crippen molar-refractivity contribution in [3.8, 4) is 0 Å². The molecule has 0 aliphatic carbocycles. The van der Waals surface area contributed by atoms with Crippen molar-refractivity contribution in [2.45, 2.75) is 11.8 Å². The second-order valence-corrected chi connectivity index (χ2v) is 6.59. The van der Waals surface area contributed by atoms with Crippen molar-refractivity contribution < 1.29 is 4.79 Å². The standard InChI is InChI=1S/C15H12Br2Cl2N2O/c16-7-11(9-3-1-5-20-14(9)18)13(22)12(8-17)10-4-2-6-21-15(10)19/h1-6,11-12H,7-8H2. The Morgan fingerprint density at radius 1 is 0.955 bits per heavy atom. The number of pyridine rings is 2. The fourth-order valence-corrected chi connectivity index (χ4v) is 4.02. The van der Waals surface area contributed by atoms with Crippen LogP contribution in [-0.4, -0.2) is 26.4 Å². The molecule has 116 valence electrons. The summed E-state index contributed by atoms with van der Waals surface area (Å²) in [5.74, 6) is -0.793. The Morgan fingerprint density at radius 2 is 1.36 bits per heavy atom. The van der Waals surface area contributed by atoms with E-state index in [4.69, 9.17) is 23.2 Å². The minimum atomic E-state index is -0.403. The Labute approximate surface area is 155 Å². The summed E-state index contributed by atoms with van der Waals surface area (Å²) in [5, 5.41) is 1.59. The highest BCUT2D eigenvalue weighted by Gasteiger charge is 2.31. The fourth-order valence-electron chi connectivity index (χ4n) is 2.18. The molecule has 2 aromatic rings. The molecular formula is C15H12Br2Cl2N2O. The van der Waals surface area contributed by atoms with Crippen LogP contribution in [0.15, 0.2) is 36.7 Å². The summed E-state index contributed by atoms with van der Waals surface area (Å²) in [4.78, 5) is 21.1. The van der Waals surface area contributed by atoms with Crippen molar-refractivity contribution in [1.82, 2.24) is 9.97 Å². The summed E-state index contributed by atoms with van der Waals surface area (Å²) in [6.07, 6.45) is 3.20. The maximum Gasteiger partial charge on any atom is 0.149 e. The molecular weight excluding hydrogens is 455 g/mol. The Bertz CT molecular complexity index is 614. The Kier molecular flexibility index (Phi) is 6.81. The number of hydrogen-bond donors (Lipinski definition) is 0. The minimum absolute atomic E-state index is 0.0125. The Morgan fingerprint density at radius 3 is 1.68 bits per heavy atom. The van der Waals surface area contributed by atoms with Crippen molar-refractivity contribution >= 4 is 60.8 Å². The lowest BCUT2D eigenvalue weighted by atomic mass is 9.87. The second kappa shape index (κ2) is 8.39. The second-order valence-electron chi connectivity index (χ2n) is 4.58. The molecule has 0 saturated heterocycles. The number of rotatable bonds is 6. The summed E-state index contributed by atoms with van der Waals surface area (Å²) in [6.45, 7) is 0. The molecule has 2 aromatic heterocycles. The van der Waals surface area contributed by atoms with Gasteiger partial charge >= 0.3 is 0 Å².